The number of benzene rings is 1. The largest absolute Gasteiger partial charge is 0.495 e. The number of ether oxygens (including phenoxy) is 1. The molecule has 1 aliphatic rings. The van der Waals surface area contributed by atoms with Crippen molar-refractivity contribution in [2.75, 3.05) is 26.7 Å². The summed E-state index contributed by atoms with van der Waals surface area (Å²) in [4.78, 5) is 0.225. The van der Waals surface area contributed by atoms with Gasteiger partial charge in [-0.3, -0.25) is 0 Å². The first-order valence-electron chi connectivity index (χ1n) is 6.79. The smallest absolute Gasteiger partial charge is 0.244 e. The molecule has 0 radical (unpaired) electrons. The fourth-order valence-electron chi connectivity index (χ4n) is 2.57. The van der Waals surface area contributed by atoms with Crippen LogP contribution in [0.1, 0.15) is 17.5 Å². The molecule has 1 saturated heterocycles. The van der Waals surface area contributed by atoms with Crippen molar-refractivity contribution in [2.45, 2.75) is 25.2 Å². The van der Waals surface area contributed by atoms with Crippen LogP contribution in [0.25, 0.3) is 0 Å². The molecule has 1 atom stereocenters. The summed E-state index contributed by atoms with van der Waals surface area (Å²) in [5.74, 6) is 0.786. The molecule has 7 heteroatoms. The number of hydrogen-bond acceptors (Lipinski definition) is 4. The number of hydrogen-bond donors (Lipinski definition) is 2. The number of nitrogens with one attached hydrogen (secondary N) is 2. The van der Waals surface area contributed by atoms with Gasteiger partial charge in [-0.25, -0.2) is 13.1 Å². The summed E-state index contributed by atoms with van der Waals surface area (Å²) in [6.45, 7) is 6.02. The first-order chi connectivity index (χ1) is 9.44. The highest BCUT2D eigenvalue weighted by Crippen LogP contribution is 2.29. The lowest BCUT2D eigenvalue weighted by molar-refractivity contribution is 0.398. The highest BCUT2D eigenvalue weighted by molar-refractivity contribution is 7.89. The van der Waals surface area contributed by atoms with E-state index < -0.39 is 10.0 Å². The summed E-state index contributed by atoms with van der Waals surface area (Å²) in [5, 5.41) is 3.23. The topological polar surface area (TPSA) is 67.4 Å². The first kappa shape index (κ1) is 18.2. The van der Waals surface area contributed by atoms with E-state index in [1.54, 1.807) is 6.07 Å². The van der Waals surface area contributed by atoms with E-state index in [1.165, 1.54) is 7.11 Å². The highest BCUT2D eigenvalue weighted by Gasteiger charge is 2.23. The van der Waals surface area contributed by atoms with E-state index in [2.05, 4.69) is 10.0 Å². The average molecular weight is 335 g/mol. The Balaban J connectivity index is 0.00000220. The molecular weight excluding hydrogens is 312 g/mol. The minimum absolute atomic E-state index is 0. The summed E-state index contributed by atoms with van der Waals surface area (Å²) in [5.41, 5.74) is 1.74. The first-order valence-corrected chi connectivity index (χ1v) is 8.28. The van der Waals surface area contributed by atoms with Crippen LogP contribution in [0.15, 0.2) is 17.0 Å². The molecule has 1 aliphatic heterocycles. The zero-order chi connectivity index (χ0) is 14.8. The second-order valence-electron chi connectivity index (χ2n) is 5.32. The van der Waals surface area contributed by atoms with Crippen molar-refractivity contribution in [3.05, 3.63) is 23.3 Å². The van der Waals surface area contributed by atoms with E-state index in [-0.39, 0.29) is 17.3 Å². The monoisotopic (exact) mass is 334 g/mol. The zero-order valence-corrected chi connectivity index (χ0v) is 14.2. The third-order valence-electron chi connectivity index (χ3n) is 3.60. The third-order valence-corrected chi connectivity index (χ3v) is 5.03. The Hall–Kier alpha value is -0.820. The predicted octanol–water partition coefficient (Wildman–Crippen LogP) is 1.62. The van der Waals surface area contributed by atoms with E-state index in [1.807, 2.05) is 19.9 Å². The van der Waals surface area contributed by atoms with E-state index in [9.17, 15) is 8.42 Å². The molecule has 2 N–H and O–H groups in total. The van der Waals surface area contributed by atoms with E-state index in [4.69, 9.17) is 4.74 Å². The van der Waals surface area contributed by atoms with Crippen LogP contribution in [-0.2, 0) is 10.0 Å². The van der Waals surface area contributed by atoms with Crippen molar-refractivity contribution in [1.29, 1.82) is 0 Å². The Morgan fingerprint density at radius 2 is 2.10 bits per heavy atom. The van der Waals surface area contributed by atoms with Gasteiger partial charge in [0.25, 0.3) is 0 Å². The Bertz CT molecular complexity index is 584. The molecule has 0 spiro atoms. The normalized spacial score (nSPS) is 18.3. The van der Waals surface area contributed by atoms with Gasteiger partial charge in [-0.2, -0.15) is 0 Å². The van der Waals surface area contributed by atoms with Crippen molar-refractivity contribution in [1.82, 2.24) is 10.0 Å². The highest BCUT2D eigenvalue weighted by atomic mass is 35.5. The zero-order valence-electron chi connectivity index (χ0n) is 12.6. The molecule has 0 aliphatic carbocycles. The number of methoxy groups -OCH3 is 1. The van der Waals surface area contributed by atoms with Gasteiger partial charge in [0.1, 0.15) is 10.6 Å². The average Bonchev–Trinajstić information content (AvgIpc) is 2.89. The Kier molecular flexibility index (Phi) is 6.46. The molecule has 0 amide bonds. The molecule has 120 valence electrons. The molecular formula is C14H23ClN2O3S. The van der Waals surface area contributed by atoms with Crippen LogP contribution >= 0.6 is 12.4 Å². The minimum atomic E-state index is -3.54. The molecule has 1 aromatic carbocycles. The summed E-state index contributed by atoms with van der Waals surface area (Å²) in [6.07, 6.45) is 1.01. The van der Waals surface area contributed by atoms with Crippen molar-refractivity contribution < 1.29 is 13.2 Å². The number of halogens is 1. The van der Waals surface area contributed by atoms with E-state index in [0.29, 0.717) is 18.2 Å². The number of aryl methyl sites for hydroxylation is 2. The lowest BCUT2D eigenvalue weighted by atomic mass is 10.1. The van der Waals surface area contributed by atoms with Gasteiger partial charge in [-0.15, -0.1) is 12.4 Å². The minimum Gasteiger partial charge on any atom is -0.495 e. The number of rotatable bonds is 5. The van der Waals surface area contributed by atoms with Crippen molar-refractivity contribution >= 4 is 22.4 Å². The van der Waals surface area contributed by atoms with E-state index in [0.717, 1.165) is 30.6 Å². The molecule has 0 bridgehead atoms. The van der Waals surface area contributed by atoms with Crippen molar-refractivity contribution in [2.24, 2.45) is 5.92 Å². The molecule has 1 heterocycles. The lowest BCUT2D eigenvalue weighted by Crippen LogP contribution is -2.30. The summed E-state index contributed by atoms with van der Waals surface area (Å²) >= 11 is 0. The van der Waals surface area contributed by atoms with Crippen LogP contribution in [0.5, 0.6) is 5.75 Å². The van der Waals surface area contributed by atoms with Gasteiger partial charge in [-0.1, -0.05) is 6.07 Å². The maximum Gasteiger partial charge on any atom is 0.244 e. The van der Waals surface area contributed by atoms with Crippen LogP contribution in [-0.4, -0.2) is 35.2 Å². The predicted molar refractivity (Wildman–Crippen MR) is 85.9 cm³/mol. The van der Waals surface area contributed by atoms with Gasteiger partial charge in [0.05, 0.1) is 7.11 Å². The molecule has 1 unspecified atom stereocenters. The Morgan fingerprint density at radius 1 is 1.38 bits per heavy atom. The van der Waals surface area contributed by atoms with Crippen LogP contribution in [0.4, 0.5) is 0 Å². The Labute approximate surface area is 132 Å². The van der Waals surface area contributed by atoms with Gasteiger partial charge in [0.15, 0.2) is 0 Å². The molecule has 21 heavy (non-hydrogen) atoms. The van der Waals surface area contributed by atoms with Crippen molar-refractivity contribution in [3.8, 4) is 5.75 Å². The van der Waals surface area contributed by atoms with Gasteiger partial charge in [0.2, 0.25) is 10.0 Å². The van der Waals surface area contributed by atoms with Crippen LogP contribution in [0.3, 0.4) is 0 Å². The standard InChI is InChI=1S/C14H22N2O3S.ClH/c1-10-6-11(2)14(19-3)13(7-10)20(17,18)16-9-12-4-5-15-8-12;/h6-7,12,15-16H,4-5,8-9H2,1-3H3;1H. The summed E-state index contributed by atoms with van der Waals surface area (Å²) in [7, 11) is -2.04. The second-order valence-corrected chi connectivity index (χ2v) is 7.06. The molecule has 1 fully saturated rings. The number of sulfonamides is 1. The fourth-order valence-corrected chi connectivity index (χ4v) is 4.01. The third kappa shape index (κ3) is 4.32. The van der Waals surface area contributed by atoms with Gasteiger partial charge in [0, 0.05) is 6.54 Å². The molecule has 5 nitrogen and oxygen atoms in total. The fraction of sp³-hybridized carbons (Fsp3) is 0.571. The van der Waals surface area contributed by atoms with Crippen LogP contribution in [0, 0.1) is 19.8 Å². The SMILES string of the molecule is COc1c(C)cc(C)cc1S(=O)(=O)NCC1CCNC1.Cl. The van der Waals surface area contributed by atoms with Gasteiger partial charge in [-0.05, 0) is 56.5 Å². The van der Waals surface area contributed by atoms with Gasteiger partial charge < -0.3 is 10.1 Å². The molecule has 0 saturated carbocycles. The van der Waals surface area contributed by atoms with E-state index >= 15 is 0 Å². The molecule has 0 aromatic heterocycles. The maximum atomic E-state index is 12.5. The second kappa shape index (κ2) is 7.45. The molecule has 1 aromatic rings. The summed E-state index contributed by atoms with van der Waals surface area (Å²) in [6, 6.07) is 3.57. The van der Waals surface area contributed by atoms with Crippen LogP contribution < -0.4 is 14.8 Å². The summed E-state index contributed by atoms with van der Waals surface area (Å²) < 4.78 is 32.9. The van der Waals surface area contributed by atoms with Gasteiger partial charge >= 0.3 is 0 Å². The molecule has 2 rings (SSSR count). The lowest BCUT2D eigenvalue weighted by Gasteiger charge is -2.15. The Morgan fingerprint density at radius 3 is 2.67 bits per heavy atom. The quantitative estimate of drug-likeness (QED) is 0.858. The van der Waals surface area contributed by atoms with Crippen molar-refractivity contribution in [3.63, 3.8) is 0 Å². The maximum absolute atomic E-state index is 12.5. The van der Waals surface area contributed by atoms with Crippen LogP contribution in [0.2, 0.25) is 0 Å².